The van der Waals surface area contributed by atoms with Crippen LogP contribution in [-0.4, -0.2) is 67.3 Å². The fourth-order valence-corrected chi connectivity index (χ4v) is 14.0. The summed E-state index contributed by atoms with van der Waals surface area (Å²) >= 11 is 0. The molecule has 0 unspecified atom stereocenters. The van der Waals surface area contributed by atoms with Gasteiger partial charge in [-0.05, 0) is 99.8 Å². The maximum Gasteiger partial charge on any atom is 0.488 e. The Morgan fingerprint density at radius 2 is 1.56 bits per heavy atom. The van der Waals surface area contributed by atoms with Crippen LogP contribution in [-0.2, 0) is 18.7 Å². The molecule has 4 aromatic carbocycles. The molecule has 12 heteroatoms. The Balaban J connectivity index is 1.31. The van der Waals surface area contributed by atoms with Crippen molar-refractivity contribution in [2.75, 3.05) is 11.5 Å². The van der Waals surface area contributed by atoms with Crippen LogP contribution >= 0.6 is 0 Å². The molecule has 9 nitrogen and oxygen atoms in total. The van der Waals surface area contributed by atoms with Crippen LogP contribution in [0.15, 0.2) is 126 Å². The molecule has 2 saturated heterocycles. The maximum atomic E-state index is 14.5. The van der Waals surface area contributed by atoms with Gasteiger partial charge in [-0.25, -0.2) is 0 Å². The van der Waals surface area contributed by atoms with Crippen molar-refractivity contribution in [3.05, 3.63) is 131 Å². The number of allylic oxidation sites excluding steroid dienone is 1. The average Bonchev–Trinajstić information content (AvgIpc) is 3.45. The quantitative estimate of drug-likeness (QED) is 0.0873. The first-order chi connectivity index (χ1) is 27.3. The van der Waals surface area contributed by atoms with Gasteiger partial charge in [0.15, 0.2) is 0 Å². The van der Waals surface area contributed by atoms with Crippen molar-refractivity contribution >= 4 is 62.0 Å². The summed E-state index contributed by atoms with van der Waals surface area (Å²) in [5, 5.41) is 42.9. The van der Waals surface area contributed by atoms with E-state index in [4.69, 9.17) is 9.08 Å². The number of nitrogens with zero attached hydrogens (tertiary/aromatic N) is 1. The monoisotopic (exact) mass is 783 g/mol. The molecule has 0 bridgehead atoms. The fraction of sp³-hybridized carbons (Fsp3) is 0.333. The molecule has 0 radical (unpaired) electrons. The molecule has 4 aromatic rings. The van der Waals surface area contributed by atoms with Gasteiger partial charge in [0, 0.05) is 0 Å². The standard InChI is InChI=1S/C45H51B2NO8Si/c1-5-30(25-31-19-22-35(49)23-20-31)21-24-40-41-32(29-55-57(45(2,3)4,36-15-8-6-9-16-36)37-17-10-7-11-18-37)26-38-42(39(41)28-46(52)56-40)44(51)48(43(38)50)34-14-12-13-33(27-34)47(53)54/h6-20,22-23,25,27,38-40,42,49,52-54H,5,21,24,26,28-29H2,1-4H3/b30-25+/t38-,39+,40-,42-/m1/s1. The molecular formula is C45H51B2NO8Si. The largest absolute Gasteiger partial charge is 0.508 e. The van der Waals surface area contributed by atoms with Crippen molar-refractivity contribution in [3.63, 3.8) is 0 Å². The second kappa shape index (κ2) is 16.7. The Kier molecular flexibility index (Phi) is 11.9. The van der Waals surface area contributed by atoms with Crippen LogP contribution < -0.4 is 20.7 Å². The highest BCUT2D eigenvalue weighted by Gasteiger charge is 2.58. The van der Waals surface area contributed by atoms with Crippen LogP contribution in [0.25, 0.3) is 6.08 Å². The van der Waals surface area contributed by atoms with Crippen molar-refractivity contribution in [2.24, 2.45) is 17.8 Å². The highest BCUT2D eigenvalue weighted by Crippen LogP contribution is 2.52. The second-order valence-electron chi connectivity index (χ2n) is 16.5. The Bertz CT molecular complexity index is 2100. The lowest BCUT2D eigenvalue weighted by molar-refractivity contribution is -0.122. The van der Waals surface area contributed by atoms with Crippen molar-refractivity contribution in [3.8, 4) is 5.75 Å². The zero-order valence-corrected chi connectivity index (χ0v) is 34.0. The molecule has 4 N–H and O–H groups in total. The number of amides is 2. The van der Waals surface area contributed by atoms with Gasteiger partial charge in [0.05, 0.1) is 30.2 Å². The molecule has 2 aliphatic heterocycles. The third-order valence-electron chi connectivity index (χ3n) is 12.1. The van der Waals surface area contributed by atoms with E-state index in [1.807, 2.05) is 48.5 Å². The first-order valence-electron chi connectivity index (χ1n) is 19.9. The van der Waals surface area contributed by atoms with Gasteiger partial charge in [-0.15, -0.1) is 0 Å². The van der Waals surface area contributed by atoms with Gasteiger partial charge in [-0.1, -0.05) is 124 Å². The minimum absolute atomic E-state index is 0.155. The van der Waals surface area contributed by atoms with Gasteiger partial charge in [0.25, 0.3) is 8.32 Å². The number of rotatable bonds is 12. The zero-order chi connectivity index (χ0) is 40.5. The lowest BCUT2D eigenvalue weighted by Crippen LogP contribution is -2.66. The average molecular weight is 784 g/mol. The molecule has 4 atom stereocenters. The van der Waals surface area contributed by atoms with E-state index in [2.05, 4.69) is 58.0 Å². The summed E-state index contributed by atoms with van der Waals surface area (Å²) in [5.74, 6) is -2.41. The lowest BCUT2D eigenvalue weighted by atomic mass is 9.58. The van der Waals surface area contributed by atoms with Crippen molar-refractivity contribution in [1.29, 1.82) is 0 Å². The first kappa shape index (κ1) is 40.6. The fourth-order valence-electron chi connectivity index (χ4n) is 9.41. The highest BCUT2D eigenvalue weighted by atomic mass is 28.4. The normalized spacial score (nSPS) is 21.5. The summed E-state index contributed by atoms with van der Waals surface area (Å²) < 4.78 is 13.9. The molecule has 2 amide bonds. The van der Waals surface area contributed by atoms with Crippen LogP contribution in [0.2, 0.25) is 11.4 Å². The number of carbonyl (C=O) groups excluding carboxylic acids is 2. The van der Waals surface area contributed by atoms with E-state index in [-0.39, 0.29) is 53.1 Å². The number of hydrogen-bond acceptors (Lipinski definition) is 8. The number of hydrogen-bond donors (Lipinski definition) is 4. The Hall–Kier alpha value is -4.55. The lowest BCUT2D eigenvalue weighted by Gasteiger charge is -2.46. The van der Waals surface area contributed by atoms with Crippen LogP contribution in [0, 0.1) is 17.8 Å². The van der Waals surface area contributed by atoms with E-state index < -0.39 is 46.4 Å². The van der Waals surface area contributed by atoms with Gasteiger partial charge >= 0.3 is 14.2 Å². The first-order valence-corrected chi connectivity index (χ1v) is 21.9. The number of fused-ring (bicyclic) bond motifs is 3. The Morgan fingerprint density at radius 1 is 0.912 bits per heavy atom. The summed E-state index contributed by atoms with van der Waals surface area (Å²) in [7, 11) is -5.93. The van der Waals surface area contributed by atoms with Gasteiger partial charge in [-0.2, -0.15) is 0 Å². The molecule has 2 heterocycles. The van der Waals surface area contributed by atoms with Crippen LogP contribution in [0.4, 0.5) is 5.69 Å². The van der Waals surface area contributed by atoms with Gasteiger partial charge < -0.3 is 29.3 Å². The molecule has 0 saturated carbocycles. The Labute approximate surface area is 337 Å². The highest BCUT2D eigenvalue weighted by molar-refractivity contribution is 6.99. The van der Waals surface area contributed by atoms with E-state index in [1.165, 1.54) is 22.6 Å². The predicted octanol–water partition coefficient (Wildman–Crippen LogP) is 5.22. The molecule has 1 aliphatic carbocycles. The summed E-state index contributed by atoms with van der Waals surface area (Å²) in [6.45, 7) is 8.99. The summed E-state index contributed by atoms with van der Waals surface area (Å²) in [5.41, 5.74) is 4.46. The SMILES string of the molecule is CC/C(=C\c1ccc(O)cc1)CC[C@H]1OB(O)C[C@H]2C1=C(CO[Si](c1ccccc1)(c1ccccc1)C(C)(C)C)C[C@H]1C(=O)N(c3cccc(B(O)O)c3)C(=O)[C@H]12. The number of anilines is 1. The topological polar surface area (TPSA) is 137 Å². The zero-order valence-electron chi connectivity index (χ0n) is 33.0. The number of carbonyl (C=O) groups is 2. The molecule has 57 heavy (non-hydrogen) atoms. The minimum atomic E-state index is -3.02. The maximum absolute atomic E-state index is 14.5. The second-order valence-corrected chi connectivity index (χ2v) is 20.8. The van der Waals surface area contributed by atoms with Crippen LogP contribution in [0.5, 0.6) is 5.75 Å². The number of aromatic hydroxyl groups is 1. The predicted molar refractivity (Wildman–Crippen MR) is 228 cm³/mol. The van der Waals surface area contributed by atoms with Crippen LogP contribution in [0.3, 0.4) is 0 Å². The third kappa shape index (κ3) is 7.99. The van der Waals surface area contributed by atoms with E-state index in [9.17, 15) is 29.8 Å². The van der Waals surface area contributed by atoms with E-state index in [0.717, 1.165) is 33.5 Å². The van der Waals surface area contributed by atoms with E-state index in [0.29, 0.717) is 12.8 Å². The molecule has 0 aromatic heterocycles. The van der Waals surface area contributed by atoms with E-state index in [1.54, 1.807) is 24.3 Å². The summed E-state index contributed by atoms with van der Waals surface area (Å²) in [6.07, 6.45) is 4.02. The molecule has 7 rings (SSSR count). The number of phenolic OH excluding ortho intramolecular Hbond substituents is 1. The van der Waals surface area contributed by atoms with Crippen LogP contribution in [0.1, 0.15) is 58.9 Å². The molecule has 3 aliphatic rings. The van der Waals surface area contributed by atoms with Gasteiger partial charge in [0.2, 0.25) is 11.8 Å². The number of imide groups is 1. The van der Waals surface area contributed by atoms with Crippen molar-refractivity contribution in [2.45, 2.75) is 70.8 Å². The number of benzene rings is 4. The third-order valence-corrected chi connectivity index (χ3v) is 17.0. The molecule has 0 spiro atoms. The Morgan fingerprint density at radius 3 is 2.16 bits per heavy atom. The summed E-state index contributed by atoms with van der Waals surface area (Å²) in [6, 6.07) is 34.1. The molecule has 2 fully saturated rings. The smallest absolute Gasteiger partial charge is 0.488 e. The van der Waals surface area contributed by atoms with Gasteiger partial charge in [-0.3, -0.25) is 14.5 Å². The summed E-state index contributed by atoms with van der Waals surface area (Å²) in [4.78, 5) is 30.2. The van der Waals surface area contributed by atoms with Gasteiger partial charge in [0.1, 0.15) is 5.75 Å². The minimum Gasteiger partial charge on any atom is -0.508 e. The van der Waals surface area contributed by atoms with Crippen molar-refractivity contribution in [1.82, 2.24) is 0 Å². The van der Waals surface area contributed by atoms with E-state index >= 15 is 0 Å². The van der Waals surface area contributed by atoms with Crippen molar-refractivity contribution < 1.29 is 38.8 Å². The number of phenols is 1. The molecule has 294 valence electrons. The molecular weight excluding hydrogens is 732 g/mol.